The molecule has 180 valence electrons. The molecule has 2 amide bonds. The highest BCUT2D eigenvalue weighted by Gasteiger charge is 2.50. The second kappa shape index (κ2) is 7.99. The lowest BCUT2D eigenvalue weighted by Gasteiger charge is -2.40. The van der Waals surface area contributed by atoms with Crippen molar-refractivity contribution in [3.05, 3.63) is 29.1 Å². The molecule has 33 heavy (non-hydrogen) atoms. The molecule has 1 aliphatic carbocycles. The first kappa shape index (κ1) is 23.5. The zero-order valence-corrected chi connectivity index (χ0v) is 19.3. The molecular weight excluding hydrogens is 437 g/mol. The number of hydrogen-bond donors (Lipinski definition) is 1. The minimum atomic E-state index is -4.54. The molecule has 1 aromatic heterocycles. The largest absolute Gasteiger partial charge is 0.444 e. The summed E-state index contributed by atoms with van der Waals surface area (Å²) in [6.07, 6.45) is -1.92. The van der Waals surface area contributed by atoms with E-state index in [2.05, 4.69) is 10.3 Å². The Kier molecular flexibility index (Phi) is 5.69. The van der Waals surface area contributed by atoms with Crippen LogP contribution in [0.15, 0.2) is 17.1 Å². The summed E-state index contributed by atoms with van der Waals surface area (Å²) in [6, 6.07) is 2.01. The number of piperidine rings is 1. The van der Waals surface area contributed by atoms with Gasteiger partial charge in [0, 0.05) is 30.5 Å². The fraction of sp³-hybridized carbons (Fsp3) is 0.652. The quantitative estimate of drug-likeness (QED) is 0.700. The van der Waals surface area contributed by atoms with E-state index in [-0.39, 0.29) is 23.7 Å². The number of likely N-dealkylation sites (tertiary alicyclic amines) is 1. The van der Waals surface area contributed by atoms with Gasteiger partial charge in [-0.25, -0.2) is 9.78 Å². The second-order valence-corrected chi connectivity index (χ2v) is 10.2. The molecule has 0 aromatic carbocycles. The minimum Gasteiger partial charge on any atom is -0.444 e. The van der Waals surface area contributed by atoms with Crippen molar-refractivity contribution in [1.29, 1.82) is 0 Å². The number of alkyl halides is 3. The van der Waals surface area contributed by atoms with Crippen LogP contribution >= 0.6 is 0 Å². The number of carbonyl (C=O) groups is 2. The number of aliphatic imine (C=N–C) groups is 1. The first-order valence-electron chi connectivity index (χ1n) is 11.3. The normalized spacial score (nSPS) is 26.2. The van der Waals surface area contributed by atoms with Gasteiger partial charge in [-0.1, -0.05) is 6.42 Å². The van der Waals surface area contributed by atoms with Gasteiger partial charge in [-0.15, -0.1) is 0 Å². The Morgan fingerprint density at radius 3 is 2.48 bits per heavy atom. The van der Waals surface area contributed by atoms with Crippen LogP contribution in [0.3, 0.4) is 0 Å². The predicted molar refractivity (Wildman–Crippen MR) is 115 cm³/mol. The fourth-order valence-electron chi connectivity index (χ4n) is 4.60. The summed E-state index contributed by atoms with van der Waals surface area (Å²) >= 11 is 0. The monoisotopic (exact) mass is 466 g/mol. The first-order valence-corrected chi connectivity index (χ1v) is 11.3. The Labute approximate surface area is 190 Å². The van der Waals surface area contributed by atoms with E-state index in [9.17, 15) is 22.8 Å². The van der Waals surface area contributed by atoms with Gasteiger partial charge in [-0.3, -0.25) is 9.79 Å². The van der Waals surface area contributed by atoms with E-state index in [1.807, 2.05) is 6.92 Å². The van der Waals surface area contributed by atoms with E-state index in [1.54, 1.807) is 25.7 Å². The molecule has 3 heterocycles. The highest BCUT2D eigenvalue weighted by molar-refractivity contribution is 6.16. The molecule has 3 aliphatic rings. The van der Waals surface area contributed by atoms with Gasteiger partial charge in [0.15, 0.2) is 0 Å². The zero-order chi connectivity index (χ0) is 24.2. The molecule has 2 atom stereocenters. The van der Waals surface area contributed by atoms with Gasteiger partial charge in [0.2, 0.25) is 0 Å². The van der Waals surface area contributed by atoms with E-state index in [0.717, 1.165) is 25.3 Å². The highest BCUT2D eigenvalue weighted by Crippen LogP contribution is 2.40. The van der Waals surface area contributed by atoms with Gasteiger partial charge < -0.3 is 15.0 Å². The van der Waals surface area contributed by atoms with Crippen molar-refractivity contribution in [3.8, 4) is 0 Å². The molecular formula is C23H29F3N4O3. The van der Waals surface area contributed by atoms with Gasteiger partial charge in [-0.2, -0.15) is 13.2 Å². The molecule has 1 spiro atoms. The number of pyridine rings is 1. The molecule has 0 radical (unpaired) electrons. The number of nitrogens with zero attached hydrogens (tertiary/aromatic N) is 3. The van der Waals surface area contributed by atoms with Crippen LogP contribution in [0.2, 0.25) is 0 Å². The molecule has 4 rings (SSSR count). The molecule has 1 saturated carbocycles. The lowest BCUT2D eigenvalue weighted by atomic mass is 9.80. The SMILES string of the molecule is C[C@H]1C[C@@]2(CCN1C(=O)OC(C)(C)C)N=C(c1ccc(C(F)(F)F)nc1C1CCC1)NC2=O. The third kappa shape index (κ3) is 4.56. The van der Waals surface area contributed by atoms with E-state index < -0.39 is 29.1 Å². The topological polar surface area (TPSA) is 83.9 Å². The molecule has 0 bridgehead atoms. The van der Waals surface area contributed by atoms with Crippen molar-refractivity contribution in [2.45, 2.75) is 89.1 Å². The summed E-state index contributed by atoms with van der Waals surface area (Å²) < 4.78 is 45.2. The third-order valence-electron chi connectivity index (χ3n) is 6.50. The number of aromatic nitrogens is 1. The fourth-order valence-corrected chi connectivity index (χ4v) is 4.60. The van der Waals surface area contributed by atoms with Crippen LogP contribution < -0.4 is 5.32 Å². The number of rotatable bonds is 2. The van der Waals surface area contributed by atoms with E-state index in [1.165, 1.54) is 6.07 Å². The summed E-state index contributed by atoms with van der Waals surface area (Å²) in [4.78, 5) is 35.8. The second-order valence-electron chi connectivity index (χ2n) is 10.2. The maximum Gasteiger partial charge on any atom is 0.433 e. The molecule has 10 heteroatoms. The van der Waals surface area contributed by atoms with Crippen LogP contribution in [0.25, 0.3) is 0 Å². The summed E-state index contributed by atoms with van der Waals surface area (Å²) in [5.41, 5.74) is -1.85. The standard InChI is InChI=1S/C23H29F3N4O3/c1-13-12-22(10-11-30(13)20(32)33-21(2,3)4)19(31)28-18(29-22)15-8-9-16(23(24,25)26)27-17(15)14-6-5-7-14/h8-9,13-14H,5-7,10-12H2,1-4H3,(H,28,29,31)/t13-,22+/m0/s1. The van der Waals surface area contributed by atoms with Gasteiger partial charge in [0.05, 0.1) is 5.69 Å². The van der Waals surface area contributed by atoms with Crippen LogP contribution in [0.5, 0.6) is 0 Å². The summed E-state index contributed by atoms with van der Waals surface area (Å²) in [5.74, 6) is -0.111. The molecule has 7 nitrogen and oxygen atoms in total. The maximum absolute atomic E-state index is 13.3. The molecule has 0 unspecified atom stereocenters. The average Bonchev–Trinajstić information content (AvgIpc) is 2.93. The van der Waals surface area contributed by atoms with Crippen LogP contribution in [0.1, 0.15) is 82.7 Å². The van der Waals surface area contributed by atoms with Crippen molar-refractivity contribution in [1.82, 2.24) is 15.2 Å². The van der Waals surface area contributed by atoms with E-state index in [4.69, 9.17) is 9.73 Å². The Morgan fingerprint density at radius 2 is 1.94 bits per heavy atom. The van der Waals surface area contributed by atoms with Crippen LogP contribution in [-0.4, -0.2) is 51.4 Å². The number of nitrogens with one attached hydrogen (secondary N) is 1. The third-order valence-corrected chi connectivity index (χ3v) is 6.50. The summed E-state index contributed by atoms with van der Waals surface area (Å²) in [7, 11) is 0. The maximum atomic E-state index is 13.3. The van der Waals surface area contributed by atoms with Crippen molar-refractivity contribution in [2.75, 3.05) is 6.54 Å². The average molecular weight is 467 g/mol. The number of hydrogen-bond acceptors (Lipinski definition) is 5. The minimum absolute atomic E-state index is 0.0774. The van der Waals surface area contributed by atoms with Crippen molar-refractivity contribution >= 4 is 17.8 Å². The highest BCUT2D eigenvalue weighted by atomic mass is 19.4. The Balaban J connectivity index is 1.60. The van der Waals surface area contributed by atoms with E-state index >= 15 is 0 Å². The van der Waals surface area contributed by atoms with Crippen molar-refractivity contribution in [2.24, 2.45) is 4.99 Å². The Bertz CT molecular complexity index is 998. The number of ether oxygens (including phenoxy) is 1. The van der Waals surface area contributed by atoms with Gasteiger partial charge in [0.1, 0.15) is 22.7 Å². The summed E-state index contributed by atoms with van der Waals surface area (Å²) in [6.45, 7) is 7.51. The Morgan fingerprint density at radius 1 is 1.24 bits per heavy atom. The molecule has 2 fully saturated rings. The zero-order valence-electron chi connectivity index (χ0n) is 19.3. The van der Waals surface area contributed by atoms with Crippen LogP contribution in [-0.2, 0) is 15.7 Å². The van der Waals surface area contributed by atoms with Gasteiger partial charge >= 0.3 is 12.3 Å². The summed E-state index contributed by atoms with van der Waals surface area (Å²) in [5, 5.41) is 2.79. The first-order chi connectivity index (χ1) is 15.3. The lowest BCUT2D eigenvalue weighted by molar-refractivity contribution is -0.141. The number of carbonyl (C=O) groups excluding carboxylic acids is 2. The van der Waals surface area contributed by atoms with Crippen molar-refractivity contribution in [3.63, 3.8) is 0 Å². The predicted octanol–water partition coefficient (Wildman–Crippen LogP) is 4.40. The molecule has 1 aromatic rings. The number of amidine groups is 1. The van der Waals surface area contributed by atoms with Gasteiger partial charge in [-0.05, 0) is 59.1 Å². The van der Waals surface area contributed by atoms with Crippen molar-refractivity contribution < 1.29 is 27.5 Å². The Hall–Kier alpha value is -2.65. The molecule has 1 N–H and O–H groups in total. The van der Waals surface area contributed by atoms with E-state index in [0.29, 0.717) is 30.6 Å². The number of halogens is 3. The smallest absolute Gasteiger partial charge is 0.433 e. The van der Waals surface area contributed by atoms with Gasteiger partial charge in [0.25, 0.3) is 5.91 Å². The number of amides is 2. The molecule has 1 saturated heterocycles. The lowest BCUT2D eigenvalue weighted by Crippen LogP contribution is -2.55. The van der Waals surface area contributed by atoms with Crippen LogP contribution in [0, 0.1) is 0 Å². The van der Waals surface area contributed by atoms with Crippen LogP contribution in [0.4, 0.5) is 18.0 Å². The molecule has 2 aliphatic heterocycles.